The van der Waals surface area contributed by atoms with Crippen LogP contribution in [-0.4, -0.2) is 40.8 Å². The first kappa shape index (κ1) is 19.4. The van der Waals surface area contributed by atoms with Crippen molar-refractivity contribution >= 4 is 21.4 Å². The Bertz CT molecular complexity index is 892. The second-order valence-corrected chi connectivity index (χ2v) is 8.29. The Balaban J connectivity index is 1.78. The Morgan fingerprint density at radius 3 is 2.30 bits per heavy atom. The fourth-order valence-electron chi connectivity index (χ4n) is 3.17. The molecule has 3 rings (SSSR count). The van der Waals surface area contributed by atoms with Crippen LogP contribution in [0.25, 0.3) is 0 Å². The number of nitrogens with zero attached hydrogens (tertiary/aromatic N) is 1. The van der Waals surface area contributed by atoms with Crippen molar-refractivity contribution in [1.82, 2.24) is 0 Å². The highest BCUT2D eigenvalue weighted by Gasteiger charge is 2.24. The Hall–Kier alpha value is -2.32. The van der Waals surface area contributed by atoms with Crippen LogP contribution in [0, 0.1) is 5.82 Å². The molecule has 0 radical (unpaired) electrons. The highest BCUT2D eigenvalue weighted by molar-refractivity contribution is 7.92. The van der Waals surface area contributed by atoms with Crippen LogP contribution in [0.15, 0.2) is 47.4 Å². The molecule has 146 valence electrons. The Morgan fingerprint density at radius 1 is 1.11 bits per heavy atom. The van der Waals surface area contributed by atoms with Gasteiger partial charge in [-0.05, 0) is 50.2 Å². The molecule has 0 aliphatic carbocycles. The van der Waals surface area contributed by atoms with E-state index >= 15 is 0 Å². The van der Waals surface area contributed by atoms with Crippen molar-refractivity contribution in [2.45, 2.75) is 31.0 Å². The molecular weight excluding hydrogens is 371 g/mol. The maximum Gasteiger partial charge on any atom is 0.261 e. The third-order valence-electron chi connectivity index (χ3n) is 4.33. The van der Waals surface area contributed by atoms with Gasteiger partial charge in [0.1, 0.15) is 11.6 Å². The third-order valence-corrected chi connectivity index (χ3v) is 5.73. The molecule has 1 saturated heterocycles. The van der Waals surface area contributed by atoms with E-state index in [4.69, 9.17) is 9.47 Å². The number of anilines is 2. The molecule has 8 heteroatoms. The van der Waals surface area contributed by atoms with E-state index in [9.17, 15) is 12.8 Å². The van der Waals surface area contributed by atoms with Crippen LogP contribution in [0.5, 0.6) is 5.75 Å². The maximum absolute atomic E-state index is 14.6. The summed E-state index contributed by atoms with van der Waals surface area (Å²) in [5.41, 5.74) is 0.603. The second-order valence-electron chi connectivity index (χ2n) is 6.61. The molecule has 0 aromatic heterocycles. The van der Waals surface area contributed by atoms with Crippen molar-refractivity contribution in [3.05, 3.63) is 48.3 Å². The second kappa shape index (κ2) is 7.74. The Labute approximate surface area is 159 Å². The number of nitrogens with one attached hydrogen (secondary N) is 1. The minimum absolute atomic E-state index is 0.00130. The number of rotatable bonds is 5. The third kappa shape index (κ3) is 4.51. The fraction of sp³-hybridized carbons (Fsp3) is 0.368. The van der Waals surface area contributed by atoms with Gasteiger partial charge in [-0.3, -0.25) is 4.72 Å². The summed E-state index contributed by atoms with van der Waals surface area (Å²) in [6.45, 7) is 5.05. The van der Waals surface area contributed by atoms with E-state index in [2.05, 4.69) is 4.72 Å². The first-order valence-electron chi connectivity index (χ1n) is 8.65. The average molecular weight is 394 g/mol. The molecule has 2 unspecified atom stereocenters. The van der Waals surface area contributed by atoms with Gasteiger partial charge in [-0.1, -0.05) is 0 Å². The van der Waals surface area contributed by atoms with Gasteiger partial charge >= 0.3 is 0 Å². The summed E-state index contributed by atoms with van der Waals surface area (Å²) in [7, 11) is -2.31. The van der Waals surface area contributed by atoms with Crippen molar-refractivity contribution in [3.8, 4) is 5.75 Å². The monoisotopic (exact) mass is 394 g/mol. The van der Waals surface area contributed by atoms with Crippen LogP contribution in [0.4, 0.5) is 15.8 Å². The molecule has 1 N–H and O–H groups in total. The van der Waals surface area contributed by atoms with Crippen LogP contribution in [0.1, 0.15) is 13.8 Å². The zero-order valence-corrected chi connectivity index (χ0v) is 16.3. The first-order valence-corrected chi connectivity index (χ1v) is 10.1. The predicted octanol–water partition coefficient (Wildman–Crippen LogP) is 3.25. The van der Waals surface area contributed by atoms with E-state index in [1.807, 2.05) is 18.7 Å². The van der Waals surface area contributed by atoms with E-state index in [-0.39, 0.29) is 22.8 Å². The van der Waals surface area contributed by atoms with Crippen LogP contribution >= 0.6 is 0 Å². The summed E-state index contributed by atoms with van der Waals surface area (Å²) in [6.07, 6.45) is 0.00260. The van der Waals surface area contributed by atoms with E-state index in [0.29, 0.717) is 24.5 Å². The lowest BCUT2D eigenvalue weighted by Crippen LogP contribution is -2.45. The molecule has 1 fully saturated rings. The van der Waals surface area contributed by atoms with Crippen LogP contribution in [-0.2, 0) is 14.8 Å². The fourth-order valence-corrected chi connectivity index (χ4v) is 4.22. The largest absolute Gasteiger partial charge is 0.497 e. The van der Waals surface area contributed by atoms with Crippen molar-refractivity contribution in [3.63, 3.8) is 0 Å². The molecule has 2 aromatic carbocycles. The zero-order chi connectivity index (χ0) is 19.6. The smallest absolute Gasteiger partial charge is 0.261 e. The van der Waals surface area contributed by atoms with Gasteiger partial charge in [-0.2, -0.15) is 0 Å². The van der Waals surface area contributed by atoms with Crippen LogP contribution in [0.2, 0.25) is 0 Å². The van der Waals surface area contributed by atoms with Gasteiger partial charge in [0.2, 0.25) is 0 Å². The molecule has 6 nitrogen and oxygen atoms in total. The standard InChI is InChI=1S/C19H23FN2O4S/c1-13-11-22(12-14(2)26-13)19-9-4-15(10-18(19)20)21-27(23,24)17-7-5-16(25-3)6-8-17/h4-10,13-14,21H,11-12H2,1-3H3. The van der Waals surface area contributed by atoms with Crippen molar-refractivity contribution in [2.75, 3.05) is 29.8 Å². The van der Waals surface area contributed by atoms with E-state index in [1.165, 1.54) is 25.3 Å². The number of hydrogen-bond acceptors (Lipinski definition) is 5. The molecule has 0 saturated carbocycles. The normalized spacial score (nSPS) is 20.4. The average Bonchev–Trinajstić information content (AvgIpc) is 2.60. The molecule has 1 aliphatic rings. The summed E-state index contributed by atoms with van der Waals surface area (Å²) in [5, 5.41) is 0. The molecule has 27 heavy (non-hydrogen) atoms. The molecule has 0 spiro atoms. The molecular formula is C19H23FN2O4S. The maximum atomic E-state index is 14.6. The number of halogens is 1. The SMILES string of the molecule is COc1ccc(S(=O)(=O)Nc2ccc(N3CC(C)OC(C)C3)c(F)c2)cc1. The van der Waals surface area contributed by atoms with E-state index < -0.39 is 15.8 Å². The minimum atomic E-state index is -3.82. The molecule has 1 heterocycles. The lowest BCUT2D eigenvalue weighted by molar-refractivity contribution is -0.00539. The van der Waals surface area contributed by atoms with Gasteiger partial charge in [-0.15, -0.1) is 0 Å². The lowest BCUT2D eigenvalue weighted by atomic mass is 10.2. The molecule has 2 aromatic rings. The lowest BCUT2D eigenvalue weighted by Gasteiger charge is -2.37. The van der Waals surface area contributed by atoms with Crippen LogP contribution < -0.4 is 14.4 Å². The molecule has 2 atom stereocenters. The highest BCUT2D eigenvalue weighted by Crippen LogP contribution is 2.27. The molecule has 0 amide bonds. The van der Waals surface area contributed by atoms with Gasteiger partial charge < -0.3 is 14.4 Å². The molecule has 1 aliphatic heterocycles. The Kier molecular flexibility index (Phi) is 5.57. The number of sulfonamides is 1. The van der Waals surface area contributed by atoms with Crippen molar-refractivity contribution < 1.29 is 22.3 Å². The summed E-state index contributed by atoms with van der Waals surface area (Å²) >= 11 is 0. The Morgan fingerprint density at radius 2 is 1.74 bits per heavy atom. The number of methoxy groups -OCH3 is 1. The minimum Gasteiger partial charge on any atom is -0.497 e. The van der Waals surface area contributed by atoms with Gasteiger partial charge in [-0.25, -0.2) is 12.8 Å². The summed E-state index contributed by atoms with van der Waals surface area (Å²) in [4.78, 5) is 1.99. The van der Waals surface area contributed by atoms with E-state index in [1.54, 1.807) is 24.3 Å². The van der Waals surface area contributed by atoms with Gasteiger partial charge in [0.15, 0.2) is 0 Å². The topological polar surface area (TPSA) is 67.9 Å². The number of ether oxygens (including phenoxy) is 2. The van der Waals surface area contributed by atoms with Gasteiger partial charge in [0.05, 0.1) is 35.6 Å². The van der Waals surface area contributed by atoms with Crippen LogP contribution in [0.3, 0.4) is 0 Å². The van der Waals surface area contributed by atoms with Gasteiger partial charge in [0.25, 0.3) is 10.0 Å². The summed E-state index contributed by atoms with van der Waals surface area (Å²) in [5.74, 6) is 0.0737. The zero-order valence-electron chi connectivity index (χ0n) is 15.5. The number of hydrogen-bond donors (Lipinski definition) is 1. The first-order chi connectivity index (χ1) is 12.8. The number of morpholine rings is 1. The molecule has 0 bridgehead atoms. The van der Waals surface area contributed by atoms with Gasteiger partial charge in [0, 0.05) is 19.2 Å². The van der Waals surface area contributed by atoms with E-state index in [0.717, 1.165) is 0 Å². The highest BCUT2D eigenvalue weighted by atomic mass is 32.2. The van der Waals surface area contributed by atoms with Crippen molar-refractivity contribution in [1.29, 1.82) is 0 Å². The quantitative estimate of drug-likeness (QED) is 0.843. The summed E-state index contributed by atoms with van der Waals surface area (Å²) < 4.78 is 52.7. The summed E-state index contributed by atoms with van der Waals surface area (Å²) in [6, 6.07) is 10.3. The number of benzene rings is 2. The predicted molar refractivity (Wildman–Crippen MR) is 102 cm³/mol. The van der Waals surface area contributed by atoms with Crippen molar-refractivity contribution in [2.24, 2.45) is 0 Å².